The zero-order valence-corrected chi connectivity index (χ0v) is 10.6. The van der Waals surface area contributed by atoms with Gasteiger partial charge >= 0.3 is 0 Å². The Bertz CT molecular complexity index is 746. The highest BCUT2D eigenvalue weighted by atomic mass is 16.1. The number of carbonyl (C=O) groups excluding carboxylic acids is 1. The highest BCUT2D eigenvalue weighted by Gasteiger charge is 2.08. The fourth-order valence-electron chi connectivity index (χ4n) is 2.20. The van der Waals surface area contributed by atoms with Crippen molar-refractivity contribution in [2.45, 2.75) is 6.42 Å². The number of fused-ring (bicyclic) bond motifs is 1. The van der Waals surface area contributed by atoms with Gasteiger partial charge in [-0.25, -0.2) is 4.98 Å². The number of para-hydroxylation sites is 2. The molecule has 94 valence electrons. The van der Waals surface area contributed by atoms with Gasteiger partial charge in [-0.3, -0.25) is 9.78 Å². The molecule has 0 atom stereocenters. The van der Waals surface area contributed by atoms with Gasteiger partial charge in [-0.05, 0) is 23.8 Å². The normalized spacial score (nSPS) is 10.8. The quantitative estimate of drug-likeness (QED) is 0.671. The molecule has 0 N–H and O–H groups in total. The van der Waals surface area contributed by atoms with E-state index >= 15 is 0 Å². The van der Waals surface area contributed by atoms with Crippen LogP contribution in [0.25, 0.3) is 11.0 Å². The van der Waals surface area contributed by atoms with Crippen molar-refractivity contribution in [1.29, 1.82) is 0 Å². The van der Waals surface area contributed by atoms with E-state index in [9.17, 15) is 4.79 Å². The molecule has 2 aromatic heterocycles. The molecular weight excluding hydrogens is 238 g/mol. The van der Waals surface area contributed by atoms with E-state index in [0.29, 0.717) is 12.0 Å². The van der Waals surface area contributed by atoms with Crippen LogP contribution in [0.5, 0.6) is 0 Å². The van der Waals surface area contributed by atoms with Gasteiger partial charge in [0.05, 0.1) is 11.0 Å². The predicted octanol–water partition coefficient (Wildman–Crippen LogP) is 2.37. The van der Waals surface area contributed by atoms with Crippen LogP contribution in [0.15, 0.2) is 42.7 Å². The molecule has 0 amide bonds. The highest BCUT2D eigenvalue weighted by Crippen LogP contribution is 2.16. The number of hydrogen-bond acceptors (Lipinski definition) is 3. The van der Waals surface area contributed by atoms with Crippen LogP contribution in [0.4, 0.5) is 0 Å². The molecule has 19 heavy (non-hydrogen) atoms. The van der Waals surface area contributed by atoms with Crippen molar-refractivity contribution in [1.82, 2.24) is 14.5 Å². The van der Waals surface area contributed by atoms with Gasteiger partial charge in [0.25, 0.3) is 0 Å². The Morgan fingerprint density at radius 1 is 1.26 bits per heavy atom. The first kappa shape index (κ1) is 11.6. The zero-order valence-electron chi connectivity index (χ0n) is 10.6. The lowest BCUT2D eigenvalue weighted by Gasteiger charge is -2.02. The molecule has 0 aliphatic rings. The third-order valence-electron chi connectivity index (χ3n) is 3.19. The second-order valence-electron chi connectivity index (χ2n) is 4.50. The number of rotatable bonds is 3. The van der Waals surface area contributed by atoms with Crippen molar-refractivity contribution < 1.29 is 4.79 Å². The maximum atomic E-state index is 10.8. The van der Waals surface area contributed by atoms with Crippen molar-refractivity contribution in [3.05, 3.63) is 59.7 Å². The molecule has 0 aliphatic heterocycles. The molecule has 1 aromatic carbocycles. The van der Waals surface area contributed by atoms with Crippen LogP contribution in [-0.4, -0.2) is 20.8 Å². The summed E-state index contributed by atoms with van der Waals surface area (Å²) in [6.45, 7) is 0. The lowest BCUT2D eigenvalue weighted by atomic mass is 10.1. The molecule has 0 bridgehead atoms. The van der Waals surface area contributed by atoms with Gasteiger partial charge in [0.1, 0.15) is 5.82 Å². The molecule has 4 heteroatoms. The second-order valence-corrected chi connectivity index (χ2v) is 4.50. The van der Waals surface area contributed by atoms with E-state index in [4.69, 9.17) is 0 Å². The summed E-state index contributed by atoms with van der Waals surface area (Å²) in [7, 11) is 2.00. The number of aldehydes is 1. The van der Waals surface area contributed by atoms with Gasteiger partial charge in [-0.1, -0.05) is 12.1 Å². The SMILES string of the molecule is Cn1c(Cc2cncc(C=O)c2)nc2ccccc21. The van der Waals surface area contributed by atoms with Crippen molar-refractivity contribution in [2.24, 2.45) is 7.05 Å². The summed E-state index contributed by atoms with van der Waals surface area (Å²) in [4.78, 5) is 19.4. The summed E-state index contributed by atoms with van der Waals surface area (Å²) in [5.74, 6) is 0.964. The summed E-state index contributed by atoms with van der Waals surface area (Å²) in [6, 6.07) is 9.88. The molecule has 0 spiro atoms. The lowest BCUT2D eigenvalue weighted by Crippen LogP contribution is -2.00. The molecule has 0 radical (unpaired) electrons. The summed E-state index contributed by atoms with van der Waals surface area (Å²) >= 11 is 0. The maximum absolute atomic E-state index is 10.8. The Morgan fingerprint density at radius 3 is 2.89 bits per heavy atom. The molecule has 3 aromatic rings. The van der Waals surface area contributed by atoms with E-state index in [1.807, 2.05) is 37.4 Å². The number of pyridine rings is 1. The predicted molar refractivity (Wildman–Crippen MR) is 73.1 cm³/mol. The first-order valence-corrected chi connectivity index (χ1v) is 6.07. The average Bonchev–Trinajstić information content (AvgIpc) is 2.76. The van der Waals surface area contributed by atoms with Crippen LogP contribution in [0.1, 0.15) is 21.7 Å². The van der Waals surface area contributed by atoms with Gasteiger partial charge in [0.15, 0.2) is 6.29 Å². The van der Waals surface area contributed by atoms with Crippen LogP contribution < -0.4 is 0 Å². The van der Waals surface area contributed by atoms with Crippen molar-refractivity contribution in [3.63, 3.8) is 0 Å². The Labute approximate surface area is 110 Å². The fourth-order valence-corrected chi connectivity index (χ4v) is 2.20. The van der Waals surface area contributed by atoms with Crippen molar-refractivity contribution in [2.75, 3.05) is 0 Å². The minimum atomic E-state index is 0.594. The molecule has 0 saturated heterocycles. The second kappa shape index (κ2) is 4.65. The van der Waals surface area contributed by atoms with Gasteiger partial charge in [-0.15, -0.1) is 0 Å². The average molecular weight is 251 g/mol. The summed E-state index contributed by atoms with van der Waals surface area (Å²) in [6.07, 6.45) is 4.81. The molecule has 0 unspecified atom stereocenters. The van der Waals surface area contributed by atoms with E-state index < -0.39 is 0 Å². The van der Waals surface area contributed by atoms with Crippen LogP contribution in [0.2, 0.25) is 0 Å². The molecule has 4 nitrogen and oxygen atoms in total. The minimum Gasteiger partial charge on any atom is -0.331 e. The van der Waals surface area contributed by atoms with Crippen LogP contribution in [0.3, 0.4) is 0 Å². The van der Waals surface area contributed by atoms with E-state index in [2.05, 4.69) is 14.5 Å². The lowest BCUT2D eigenvalue weighted by molar-refractivity contribution is 0.112. The largest absolute Gasteiger partial charge is 0.331 e. The Hall–Kier alpha value is -2.49. The van der Waals surface area contributed by atoms with Crippen molar-refractivity contribution in [3.8, 4) is 0 Å². The Balaban J connectivity index is 2.00. The molecular formula is C15H13N3O. The molecule has 0 saturated carbocycles. The third kappa shape index (κ3) is 2.12. The number of hydrogen-bond donors (Lipinski definition) is 0. The number of aryl methyl sites for hydroxylation is 1. The van der Waals surface area contributed by atoms with Crippen LogP contribution >= 0.6 is 0 Å². The van der Waals surface area contributed by atoms with Gasteiger partial charge < -0.3 is 4.57 Å². The van der Waals surface area contributed by atoms with E-state index in [1.165, 1.54) is 0 Å². The first-order chi connectivity index (χ1) is 9.28. The molecule has 0 fully saturated rings. The summed E-state index contributed by atoms with van der Waals surface area (Å²) in [5.41, 5.74) is 3.68. The maximum Gasteiger partial charge on any atom is 0.151 e. The molecule has 0 aliphatic carbocycles. The number of nitrogens with zero attached hydrogens (tertiary/aromatic N) is 3. The number of benzene rings is 1. The Kier molecular flexibility index (Phi) is 2.83. The van der Waals surface area contributed by atoms with Gasteiger partial charge in [0.2, 0.25) is 0 Å². The summed E-state index contributed by atoms with van der Waals surface area (Å²) < 4.78 is 2.07. The van der Waals surface area contributed by atoms with E-state index in [-0.39, 0.29) is 0 Å². The zero-order chi connectivity index (χ0) is 13.2. The van der Waals surface area contributed by atoms with Gasteiger partial charge in [-0.2, -0.15) is 0 Å². The summed E-state index contributed by atoms with van der Waals surface area (Å²) in [5, 5.41) is 0. The standard InChI is InChI=1S/C15H13N3O/c1-18-14-5-3-2-4-13(14)17-15(18)7-11-6-12(10-19)9-16-8-11/h2-6,8-10H,7H2,1H3. The number of aromatic nitrogens is 3. The fraction of sp³-hybridized carbons (Fsp3) is 0.133. The molecule has 2 heterocycles. The topological polar surface area (TPSA) is 47.8 Å². The van der Waals surface area contributed by atoms with E-state index in [1.54, 1.807) is 12.4 Å². The smallest absolute Gasteiger partial charge is 0.151 e. The monoisotopic (exact) mass is 251 g/mol. The van der Waals surface area contributed by atoms with Crippen molar-refractivity contribution >= 4 is 17.3 Å². The first-order valence-electron chi connectivity index (χ1n) is 6.07. The van der Waals surface area contributed by atoms with E-state index in [0.717, 1.165) is 28.7 Å². The third-order valence-corrected chi connectivity index (χ3v) is 3.19. The number of carbonyl (C=O) groups is 1. The Morgan fingerprint density at radius 2 is 2.11 bits per heavy atom. The van der Waals surface area contributed by atoms with Crippen LogP contribution in [0, 0.1) is 0 Å². The van der Waals surface area contributed by atoms with Crippen LogP contribution in [-0.2, 0) is 13.5 Å². The number of imidazole rings is 1. The minimum absolute atomic E-state index is 0.594. The van der Waals surface area contributed by atoms with Gasteiger partial charge in [0, 0.05) is 31.4 Å². The molecule has 3 rings (SSSR count). The highest BCUT2D eigenvalue weighted by molar-refractivity contribution is 5.76.